The summed E-state index contributed by atoms with van der Waals surface area (Å²) >= 11 is 5.88. The Morgan fingerprint density at radius 3 is 2.80 bits per heavy atom. The van der Waals surface area contributed by atoms with Gasteiger partial charge in [-0.05, 0) is 17.7 Å². The number of carbonyl (C=O) groups excluding carboxylic acids is 1. The van der Waals surface area contributed by atoms with Crippen molar-refractivity contribution in [3.05, 3.63) is 34.9 Å². The van der Waals surface area contributed by atoms with E-state index < -0.39 is 6.10 Å². The molecule has 4 heteroatoms. The van der Waals surface area contributed by atoms with Crippen molar-refractivity contribution >= 4 is 17.5 Å². The zero-order valence-electron chi connectivity index (χ0n) is 8.35. The Labute approximate surface area is 93.3 Å². The summed E-state index contributed by atoms with van der Waals surface area (Å²) in [4.78, 5) is 13.0. The van der Waals surface area contributed by atoms with E-state index in [-0.39, 0.29) is 11.9 Å². The van der Waals surface area contributed by atoms with Crippen LogP contribution >= 0.6 is 11.6 Å². The first kappa shape index (κ1) is 10.5. The second kappa shape index (κ2) is 3.83. The van der Waals surface area contributed by atoms with Gasteiger partial charge in [0.25, 0.3) is 5.91 Å². The molecule has 1 saturated heterocycles. The van der Waals surface area contributed by atoms with Gasteiger partial charge in [0.2, 0.25) is 0 Å². The van der Waals surface area contributed by atoms with Crippen molar-refractivity contribution in [2.45, 2.75) is 18.6 Å². The third-order valence-electron chi connectivity index (χ3n) is 2.78. The molecule has 1 N–H and O–H groups in total. The van der Waals surface area contributed by atoms with E-state index in [1.54, 1.807) is 18.0 Å². The fourth-order valence-electron chi connectivity index (χ4n) is 1.93. The number of aliphatic hydroxyl groups excluding tert-OH is 1. The van der Waals surface area contributed by atoms with Gasteiger partial charge in [-0.1, -0.05) is 23.7 Å². The molecule has 1 heterocycles. The Balaban J connectivity index is 2.29. The molecular formula is C11H12ClNO2. The van der Waals surface area contributed by atoms with Gasteiger partial charge in [0, 0.05) is 18.5 Å². The van der Waals surface area contributed by atoms with Crippen LogP contribution in [-0.2, 0) is 4.79 Å². The van der Waals surface area contributed by atoms with Crippen molar-refractivity contribution in [2.24, 2.45) is 0 Å². The molecule has 1 amide bonds. The number of aliphatic hydroxyl groups is 1. The van der Waals surface area contributed by atoms with E-state index >= 15 is 0 Å². The lowest BCUT2D eigenvalue weighted by atomic mass is 10.0. The van der Waals surface area contributed by atoms with E-state index in [0.717, 1.165) is 5.56 Å². The van der Waals surface area contributed by atoms with E-state index in [0.29, 0.717) is 11.4 Å². The van der Waals surface area contributed by atoms with Crippen LogP contribution < -0.4 is 0 Å². The van der Waals surface area contributed by atoms with Gasteiger partial charge in [-0.15, -0.1) is 0 Å². The number of nitrogens with zero attached hydrogens (tertiary/aromatic N) is 1. The zero-order chi connectivity index (χ0) is 11.0. The number of carbonyl (C=O) groups is 1. The summed E-state index contributed by atoms with van der Waals surface area (Å²) in [7, 11) is 1.70. The summed E-state index contributed by atoms with van der Waals surface area (Å²) in [6, 6.07) is 7.32. The largest absolute Gasteiger partial charge is 0.383 e. The van der Waals surface area contributed by atoms with Gasteiger partial charge in [0.15, 0.2) is 0 Å². The maximum absolute atomic E-state index is 11.4. The minimum Gasteiger partial charge on any atom is -0.383 e. The van der Waals surface area contributed by atoms with E-state index in [1.165, 1.54) is 0 Å². The SMILES string of the molecule is CN1C(=O)[C@H](O)C[C@@H]1c1cccc(Cl)c1. The highest BCUT2D eigenvalue weighted by Gasteiger charge is 2.36. The molecule has 0 radical (unpaired) electrons. The first-order valence-corrected chi connectivity index (χ1v) is 5.17. The van der Waals surface area contributed by atoms with Gasteiger partial charge in [0.05, 0.1) is 6.04 Å². The third kappa shape index (κ3) is 1.85. The average Bonchev–Trinajstić information content (AvgIpc) is 2.46. The molecule has 0 bridgehead atoms. The quantitative estimate of drug-likeness (QED) is 0.789. The maximum Gasteiger partial charge on any atom is 0.251 e. The Morgan fingerprint density at radius 2 is 2.27 bits per heavy atom. The fourth-order valence-corrected chi connectivity index (χ4v) is 2.13. The molecule has 1 aromatic carbocycles. The normalized spacial score (nSPS) is 26.1. The number of hydrogen-bond donors (Lipinski definition) is 1. The minimum atomic E-state index is -0.876. The highest BCUT2D eigenvalue weighted by Crippen LogP contribution is 2.32. The molecule has 80 valence electrons. The Hall–Kier alpha value is -1.06. The average molecular weight is 226 g/mol. The van der Waals surface area contributed by atoms with E-state index in [4.69, 9.17) is 11.6 Å². The summed E-state index contributed by atoms with van der Waals surface area (Å²) in [6.45, 7) is 0. The van der Waals surface area contributed by atoms with Crippen LogP contribution in [0.5, 0.6) is 0 Å². The van der Waals surface area contributed by atoms with Crippen molar-refractivity contribution in [3.8, 4) is 0 Å². The van der Waals surface area contributed by atoms with E-state index in [9.17, 15) is 9.90 Å². The fraction of sp³-hybridized carbons (Fsp3) is 0.364. The lowest BCUT2D eigenvalue weighted by Crippen LogP contribution is -2.26. The van der Waals surface area contributed by atoms with Crippen LogP contribution in [0.4, 0.5) is 0 Å². The zero-order valence-corrected chi connectivity index (χ0v) is 9.11. The van der Waals surface area contributed by atoms with Crippen molar-refractivity contribution in [2.75, 3.05) is 7.05 Å². The van der Waals surface area contributed by atoms with Crippen LogP contribution in [0.3, 0.4) is 0 Å². The van der Waals surface area contributed by atoms with Crippen molar-refractivity contribution in [3.63, 3.8) is 0 Å². The van der Waals surface area contributed by atoms with Crippen LogP contribution in [0, 0.1) is 0 Å². The number of rotatable bonds is 1. The molecule has 0 saturated carbocycles. The minimum absolute atomic E-state index is 0.0637. The summed E-state index contributed by atoms with van der Waals surface area (Å²) in [5.41, 5.74) is 0.968. The number of amides is 1. The van der Waals surface area contributed by atoms with Crippen molar-refractivity contribution in [1.29, 1.82) is 0 Å². The van der Waals surface area contributed by atoms with Gasteiger partial charge >= 0.3 is 0 Å². The van der Waals surface area contributed by atoms with Crippen LogP contribution in [0.2, 0.25) is 5.02 Å². The summed E-state index contributed by atoms with van der Waals surface area (Å²) in [5.74, 6) is -0.222. The molecule has 1 fully saturated rings. The molecule has 1 aliphatic rings. The van der Waals surface area contributed by atoms with Gasteiger partial charge in [0.1, 0.15) is 6.10 Å². The Kier molecular flexibility index (Phi) is 2.67. The summed E-state index contributed by atoms with van der Waals surface area (Å²) < 4.78 is 0. The predicted octanol–water partition coefficient (Wildman–Crippen LogP) is 1.60. The standard InChI is InChI=1S/C11H12ClNO2/c1-13-9(6-10(14)11(13)15)7-3-2-4-8(12)5-7/h2-5,9-10,14H,6H2,1H3/t9-,10-/m1/s1. The van der Waals surface area contributed by atoms with E-state index in [2.05, 4.69) is 0 Å². The topological polar surface area (TPSA) is 40.5 Å². The second-order valence-corrected chi connectivity index (χ2v) is 4.21. The lowest BCUT2D eigenvalue weighted by Gasteiger charge is -2.19. The predicted molar refractivity (Wildman–Crippen MR) is 57.6 cm³/mol. The maximum atomic E-state index is 11.4. The van der Waals surface area contributed by atoms with Crippen LogP contribution in [0.1, 0.15) is 18.0 Å². The van der Waals surface area contributed by atoms with Crippen LogP contribution in [0.25, 0.3) is 0 Å². The highest BCUT2D eigenvalue weighted by atomic mass is 35.5. The van der Waals surface area contributed by atoms with Crippen LogP contribution in [-0.4, -0.2) is 29.1 Å². The molecule has 3 nitrogen and oxygen atoms in total. The molecule has 0 aromatic heterocycles. The summed E-state index contributed by atoms with van der Waals surface area (Å²) in [6.07, 6.45) is -0.436. The Bertz CT molecular complexity index is 394. The Morgan fingerprint density at radius 1 is 1.53 bits per heavy atom. The van der Waals surface area contributed by atoms with Crippen molar-refractivity contribution in [1.82, 2.24) is 4.90 Å². The molecule has 0 aliphatic carbocycles. The molecule has 0 unspecified atom stereocenters. The molecule has 15 heavy (non-hydrogen) atoms. The molecule has 1 aliphatic heterocycles. The first-order valence-electron chi connectivity index (χ1n) is 4.80. The smallest absolute Gasteiger partial charge is 0.251 e. The van der Waals surface area contributed by atoms with E-state index in [1.807, 2.05) is 18.2 Å². The monoisotopic (exact) mass is 225 g/mol. The first-order chi connectivity index (χ1) is 7.09. The number of hydrogen-bond acceptors (Lipinski definition) is 2. The number of benzene rings is 1. The molecular weight excluding hydrogens is 214 g/mol. The van der Waals surface area contributed by atoms with Gasteiger partial charge < -0.3 is 10.0 Å². The molecule has 1 aromatic rings. The molecule has 2 rings (SSSR count). The number of likely N-dealkylation sites (N-methyl/N-ethyl adjacent to an activating group) is 1. The van der Waals surface area contributed by atoms with Gasteiger partial charge in [-0.3, -0.25) is 4.79 Å². The second-order valence-electron chi connectivity index (χ2n) is 3.77. The number of likely N-dealkylation sites (tertiary alicyclic amines) is 1. The highest BCUT2D eigenvalue weighted by molar-refractivity contribution is 6.30. The third-order valence-corrected chi connectivity index (χ3v) is 3.02. The van der Waals surface area contributed by atoms with Gasteiger partial charge in [-0.2, -0.15) is 0 Å². The lowest BCUT2D eigenvalue weighted by molar-refractivity contribution is -0.134. The molecule has 2 atom stereocenters. The van der Waals surface area contributed by atoms with Crippen molar-refractivity contribution < 1.29 is 9.90 Å². The summed E-state index contributed by atoms with van der Waals surface area (Å²) in [5, 5.41) is 10.1. The number of halogens is 1. The van der Waals surface area contributed by atoms with Gasteiger partial charge in [-0.25, -0.2) is 0 Å². The molecule has 0 spiro atoms. The van der Waals surface area contributed by atoms with Crippen LogP contribution in [0.15, 0.2) is 24.3 Å².